The van der Waals surface area contributed by atoms with E-state index in [9.17, 15) is 0 Å². The molecule has 3 aromatic rings. The Hall–Kier alpha value is -1.81. The van der Waals surface area contributed by atoms with E-state index in [1.54, 1.807) is 7.11 Å². The number of pyridine rings is 1. The Morgan fingerprint density at radius 3 is 2.84 bits per heavy atom. The molecule has 0 spiro atoms. The van der Waals surface area contributed by atoms with E-state index in [2.05, 4.69) is 38.3 Å². The predicted molar refractivity (Wildman–Crippen MR) is 79.6 cm³/mol. The molecule has 3 nitrogen and oxygen atoms in total. The van der Waals surface area contributed by atoms with Crippen molar-refractivity contribution < 1.29 is 4.74 Å². The van der Waals surface area contributed by atoms with Gasteiger partial charge < -0.3 is 4.74 Å². The largest absolute Gasteiger partial charge is 0.497 e. The molecule has 0 bridgehead atoms. The predicted octanol–water partition coefficient (Wildman–Crippen LogP) is 4.08. The van der Waals surface area contributed by atoms with Crippen molar-refractivity contribution in [3.8, 4) is 17.1 Å². The monoisotopic (exact) mass is 316 g/mol. The lowest BCUT2D eigenvalue weighted by atomic mass is 10.2. The lowest BCUT2D eigenvalue weighted by molar-refractivity contribution is 0.415. The normalized spacial score (nSPS) is 10.9. The van der Waals surface area contributed by atoms with E-state index in [1.165, 1.54) is 5.56 Å². The van der Waals surface area contributed by atoms with Gasteiger partial charge in [0.15, 0.2) is 0 Å². The summed E-state index contributed by atoms with van der Waals surface area (Å²) in [5, 5.41) is 0. The number of hydrogen-bond donors (Lipinski definition) is 0. The zero-order valence-corrected chi connectivity index (χ0v) is 12.3. The van der Waals surface area contributed by atoms with Crippen molar-refractivity contribution in [1.82, 2.24) is 9.38 Å². The summed E-state index contributed by atoms with van der Waals surface area (Å²) in [6.07, 6.45) is 2.02. The van der Waals surface area contributed by atoms with Gasteiger partial charge in [-0.2, -0.15) is 0 Å². The van der Waals surface area contributed by atoms with Gasteiger partial charge in [0.25, 0.3) is 0 Å². The average Bonchev–Trinajstić information content (AvgIpc) is 2.78. The maximum absolute atomic E-state index is 5.27. The third-order valence-corrected chi connectivity index (χ3v) is 3.70. The fourth-order valence-corrected chi connectivity index (χ4v) is 2.89. The molecule has 0 aliphatic carbocycles. The number of imidazole rings is 1. The Bertz CT molecular complexity index is 749. The number of hydrogen-bond acceptors (Lipinski definition) is 2. The quantitative estimate of drug-likeness (QED) is 0.712. The van der Waals surface area contributed by atoms with E-state index in [-0.39, 0.29) is 0 Å². The van der Waals surface area contributed by atoms with Crippen molar-refractivity contribution in [3.05, 3.63) is 52.8 Å². The van der Waals surface area contributed by atoms with E-state index in [1.807, 2.05) is 36.5 Å². The molecule has 0 fully saturated rings. The van der Waals surface area contributed by atoms with Crippen LogP contribution >= 0.6 is 15.9 Å². The van der Waals surface area contributed by atoms with Crippen LogP contribution < -0.4 is 4.74 Å². The SMILES string of the molecule is COc1cccc(-c2nc(Br)c3c(C)cccn23)c1. The summed E-state index contributed by atoms with van der Waals surface area (Å²) in [6.45, 7) is 2.08. The van der Waals surface area contributed by atoms with Crippen LogP contribution in [0, 0.1) is 6.92 Å². The molecule has 0 unspecified atom stereocenters. The molecule has 1 aromatic carbocycles. The Labute approximate surface area is 120 Å². The van der Waals surface area contributed by atoms with Crippen LogP contribution in [0.25, 0.3) is 16.9 Å². The summed E-state index contributed by atoms with van der Waals surface area (Å²) in [7, 11) is 1.67. The van der Waals surface area contributed by atoms with Gasteiger partial charge in [0.05, 0.1) is 12.6 Å². The van der Waals surface area contributed by atoms with Gasteiger partial charge in [0, 0.05) is 11.8 Å². The average molecular weight is 317 g/mol. The van der Waals surface area contributed by atoms with E-state index in [4.69, 9.17) is 4.74 Å². The number of ether oxygens (including phenoxy) is 1. The van der Waals surface area contributed by atoms with Gasteiger partial charge in [-0.05, 0) is 46.6 Å². The molecule has 0 saturated heterocycles. The summed E-state index contributed by atoms with van der Waals surface area (Å²) < 4.78 is 8.23. The van der Waals surface area contributed by atoms with E-state index >= 15 is 0 Å². The third-order valence-electron chi connectivity index (χ3n) is 3.15. The van der Waals surface area contributed by atoms with Crippen molar-refractivity contribution in [1.29, 1.82) is 0 Å². The van der Waals surface area contributed by atoms with Crippen molar-refractivity contribution in [2.45, 2.75) is 6.92 Å². The number of benzene rings is 1. The lowest BCUT2D eigenvalue weighted by Gasteiger charge is -2.04. The zero-order chi connectivity index (χ0) is 13.4. The van der Waals surface area contributed by atoms with Gasteiger partial charge >= 0.3 is 0 Å². The maximum atomic E-state index is 5.27. The Balaban J connectivity index is 2.28. The van der Waals surface area contributed by atoms with E-state index < -0.39 is 0 Å². The molecule has 0 radical (unpaired) electrons. The van der Waals surface area contributed by atoms with Crippen LogP contribution in [0.15, 0.2) is 47.2 Å². The van der Waals surface area contributed by atoms with Crippen molar-refractivity contribution in [2.24, 2.45) is 0 Å². The molecule has 0 amide bonds. The van der Waals surface area contributed by atoms with Crippen molar-refractivity contribution in [2.75, 3.05) is 7.11 Å². The van der Waals surface area contributed by atoms with Crippen LogP contribution in [0.4, 0.5) is 0 Å². The fraction of sp³-hybridized carbons (Fsp3) is 0.133. The molecular weight excluding hydrogens is 304 g/mol. The van der Waals surface area contributed by atoms with Crippen LogP contribution in [-0.2, 0) is 0 Å². The molecule has 96 valence electrons. The zero-order valence-electron chi connectivity index (χ0n) is 10.7. The van der Waals surface area contributed by atoms with Crippen LogP contribution in [0.5, 0.6) is 5.75 Å². The number of aryl methyl sites for hydroxylation is 1. The summed E-state index contributed by atoms with van der Waals surface area (Å²) in [5.74, 6) is 1.74. The number of aromatic nitrogens is 2. The minimum atomic E-state index is 0.832. The molecule has 0 N–H and O–H groups in total. The number of rotatable bonds is 2. The Morgan fingerprint density at radius 1 is 1.21 bits per heavy atom. The van der Waals surface area contributed by atoms with E-state index in [0.29, 0.717) is 0 Å². The Morgan fingerprint density at radius 2 is 2.05 bits per heavy atom. The number of nitrogens with zero attached hydrogens (tertiary/aromatic N) is 2. The summed E-state index contributed by atoms with van der Waals surface area (Å²) in [4.78, 5) is 4.62. The highest BCUT2D eigenvalue weighted by Crippen LogP contribution is 2.29. The summed E-state index contributed by atoms with van der Waals surface area (Å²) >= 11 is 3.54. The standard InChI is InChI=1S/C15H13BrN2O/c1-10-5-4-8-18-13(10)14(16)17-15(18)11-6-3-7-12(9-11)19-2/h3-9H,1-2H3. The smallest absolute Gasteiger partial charge is 0.146 e. The summed E-state index contributed by atoms with van der Waals surface area (Å²) in [5.41, 5.74) is 3.32. The molecule has 4 heteroatoms. The van der Waals surface area contributed by atoms with Crippen LogP contribution in [0.1, 0.15) is 5.56 Å². The first-order valence-corrected chi connectivity index (χ1v) is 6.77. The van der Waals surface area contributed by atoms with Gasteiger partial charge in [0.1, 0.15) is 16.2 Å². The summed E-state index contributed by atoms with van der Waals surface area (Å²) in [6, 6.07) is 12.0. The molecule has 2 aromatic heterocycles. The molecule has 0 aliphatic rings. The van der Waals surface area contributed by atoms with Crippen LogP contribution in [0.2, 0.25) is 0 Å². The molecule has 0 saturated carbocycles. The Kier molecular flexibility index (Phi) is 3.03. The number of halogens is 1. The highest BCUT2D eigenvalue weighted by atomic mass is 79.9. The maximum Gasteiger partial charge on any atom is 0.146 e. The molecule has 0 aliphatic heterocycles. The second-order valence-corrected chi connectivity index (χ2v) is 5.12. The fourth-order valence-electron chi connectivity index (χ4n) is 2.22. The topological polar surface area (TPSA) is 26.5 Å². The minimum absolute atomic E-state index is 0.832. The van der Waals surface area contributed by atoms with Crippen molar-refractivity contribution >= 4 is 21.4 Å². The highest BCUT2D eigenvalue weighted by molar-refractivity contribution is 9.10. The number of fused-ring (bicyclic) bond motifs is 1. The molecule has 3 rings (SSSR count). The second kappa shape index (κ2) is 4.70. The molecule has 2 heterocycles. The highest BCUT2D eigenvalue weighted by Gasteiger charge is 2.12. The minimum Gasteiger partial charge on any atom is -0.497 e. The van der Waals surface area contributed by atoms with Gasteiger partial charge in [0.2, 0.25) is 0 Å². The molecule has 19 heavy (non-hydrogen) atoms. The van der Waals surface area contributed by atoms with Crippen LogP contribution in [-0.4, -0.2) is 16.5 Å². The van der Waals surface area contributed by atoms with Gasteiger partial charge in [-0.25, -0.2) is 4.98 Å². The first-order valence-electron chi connectivity index (χ1n) is 5.98. The van der Waals surface area contributed by atoms with Gasteiger partial charge in [-0.15, -0.1) is 0 Å². The third kappa shape index (κ3) is 2.02. The first-order chi connectivity index (χ1) is 9.20. The molecule has 0 atom stereocenters. The van der Waals surface area contributed by atoms with Crippen LogP contribution in [0.3, 0.4) is 0 Å². The van der Waals surface area contributed by atoms with Gasteiger partial charge in [-0.1, -0.05) is 18.2 Å². The number of methoxy groups -OCH3 is 1. The van der Waals surface area contributed by atoms with Crippen molar-refractivity contribution in [3.63, 3.8) is 0 Å². The lowest BCUT2D eigenvalue weighted by Crippen LogP contribution is -1.91. The molecular formula is C15H13BrN2O. The van der Waals surface area contributed by atoms with Gasteiger partial charge in [-0.3, -0.25) is 4.40 Å². The van der Waals surface area contributed by atoms with E-state index in [0.717, 1.165) is 27.3 Å². The first kappa shape index (κ1) is 12.2. The second-order valence-electron chi connectivity index (χ2n) is 4.37.